The molecule has 2 aliphatic heterocycles. The molecule has 252 valence electrons. The summed E-state index contributed by atoms with van der Waals surface area (Å²) in [5, 5.41) is 7.08. The van der Waals surface area contributed by atoms with E-state index < -0.39 is 5.92 Å². The molecule has 6 rings (SSSR count). The zero-order valence-electron chi connectivity index (χ0n) is 26.5. The Morgan fingerprint density at radius 2 is 1.52 bits per heavy atom. The van der Waals surface area contributed by atoms with Crippen molar-refractivity contribution in [1.29, 1.82) is 0 Å². The number of hydrogen-bond acceptors (Lipinski definition) is 9. The maximum Gasteiger partial charge on any atom is 0.260 e. The molecule has 0 aliphatic carbocycles. The Bertz CT molecular complexity index is 1810. The first-order chi connectivity index (χ1) is 23.2. The number of likely N-dealkylation sites (tertiary alicyclic amines) is 1. The van der Waals surface area contributed by atoms with Gasteiger partial charge in [-0.25, -0.2) is 18.7 Å². The topological polar surface area (TPSA) is 114 Å². The van der Waals surface area contributed by atoms with Gasteiger partial charge in [0.25, 0.3) is 5.92 Å². The number of halogens is 4. The molecule has 0 bridgehead atoms. The van der Waals surface area contributed by atoms with Crippen molar-refractivity contribution in [2.24, 2.45) is 0 Å². The van der Waals surface area contributed by atoms with Crippen LogP contribution in [0.15, 0.2) is 48.8 Å². The van der Waals surface area contributed by atoms with Crippen molar-refractivity contribution < 1.29 is 23.0 Å². The molecular weight excluding hydrogens is 663 g/mol. The molecule has 0 unspecified atom stereocenters. The molecular formula is C34H35Cl2F2N7O3. The van der Waals surface area contributed by atoms with Gasteiger partial charge in [0.1, 0.15) is 11.4 Å². The van der Waals surface area contributed by atoms with E-state index in [0.717, 1.165) is 6.42 Å². The Balaban J connectivity index is 1.24. The van der Waals surface area contributed by atoms with Gasteiger partial charge in [0.15, 0.2) is 0 Å². The highest BCUT2D eigenvalue weighted by molar-refractivity contribution is 6.39. The number of methoxy groups -OCH3 is 2. The minimum Gasteiger partial charge on any atom is -0.480 e. The van der Waals surface area contributed by atoms with E-state index in [1.807, 2.05) is 36.4 Å². The molecule has 0 spiro atoms. The van der Waals surface area contributed by atoms with Crippen LogP contribution in [-0.4, -0.2) is 76.6 Å². The summed E-state index contributed by atoms with van der Waals surface area (Å²) in [6.45, 7) is 1.47. The predicted molar refractivity (Wildman–Crippen MR) is 179 cm³/mol. The summed E-state index contributed by atoms with van der Waals surface area (Å²) in [6, 6.07) is 11.2. The number of nitrogens with zero attached hydrogens (tertiary/aromatic N) is 5. The number of ether oxygens (including phenoxy) is 2. The number of hydrogen-bond donors (Lipinski definition) is 2. The molecule has 2 saturated heterocycles. The third-order valence-electron chi connectivity index (χ3n) is 8.46. The number of aromatic nitrogens is 4. The molecule has 48 heavy (non-hydrogen) atoms. The second-order valence-electron chi connectivity index (χ2n) is 11.9. The molecule has 1 amide bonds. The van der Waals surface area contributed by atoms with Crippen LogP contribution in [0, 0.1) is 0 Å². The maximum absolute atomic E-state index is 14.0. The number of carbonyl (C=O) groups is 1. The van der Waals surface area contributed by atoms with Crippen LogP contribution < -0.4 is 20.1 Å². The van der Waals surface area contributed by atoms with Crippen molar-refractivity contribution in [2.45, 2.75) is 50.7 Å². The summed E-state index contributed by atoms with van der Waals surface area (Å²) in [5.74, 6) is -2.04. The first-order valence-electron chi connectivity index (χ1n) is 15.6. The highest BCUT2D eigenvalue weighted by Gasteiger charge is 2.35. The smallest absolute Gasteiger partial charge is 0.260 e. The van der Waals surface area contributed by atoms with E-state index in [1.54, 1.807) is 17.3 Å². The van der Waals surface area contributed by atoms with E-state index in [0.29, 0.717) is 93.4 Å². The Hall–Kier alpha value is -3.97. The summed E-state index contributed by atoms with van der Waals surface area (Å²) in [6.07, 6.45) is 4.87. The van der Waals surface area contributed by atoms with Gasteiger partial charge in [-0.1, -0.05) is 59.6 Å². The normalized spacial score (nSPS) is 17.7. The van der Waals surface area contributed by atoms with Gasteiger partial charge in [-0.15, -0.1) is 0 Å². The minimum atomic E-state index is -2.72. The number of benzene rings is 2. The molecule has 0 radical (unpaired) electrons. The second-order valence-corrected chi connectivity index (χ2v) is 12.6. The molecule has 2 aliphatic rings. The van der Waals surface area contributed by atoms with Gasteiger partial charge in [-0.05, 0) is 19.4 Å². The Morgan fingerprint density at radius 3 is 2.08 bits per heavy atom. The first-order valence-corrected chi connectivity index (χ1v) is 16.4. The standard InChI is InChI=1S/C34H35Cl2F2N7O3/c1-47-32-27(15-39-14-20-10-11-29(46)42-20)40-16-25(43-32)23-8-3-6-21(30(23)35)22-7-4-9-24(31(22)36)26-17-41-28(33(44-26)48-2)18-45-13-5-12-34(37,38)19-45/h3-4,6-9,16-17,20,39H,5,10-15,18-19H2,1-2H3,(H,42,46)/t20-/m0/s1. The van der Waals surface area contributed by atoms with Crippen LogP contribution in [0.4, 0.5) is 8.78 Å². The van der Waals surface area contributed by atoms with Crippen LogP contribution in [-0.2, 0) is 17.9 Å². The number of amides is 1. The Morgan fingerprint density at radius 1 is 0.938 bits per heavy atom. The number of alkyl halides is 2. The van der Waals surface area contributed by atoms with Gasteiger partial charge in [-0.2, -0.15) is 0 Å². The lowest BCUT2D eigenvalue weighted by atomic mass is 9.98. The second kappa shape index (κ2) is 14.7. The summed E-state index contributed by atoms with van der Waals surface area (Å²) in [4.78, 5) is 31.6. The molecule has 2 aromatic heterocycles. The average Bonchev–Trinajstić information content (AvgIpc) is 3.49. The largest absolute Gasteiger partial charge is 0.480 e. The fourth-order valence-electron chi connectivity index (χ4n) is 6.07. The molecule has 1 atom stereocenters. The van der Waals surface area contributed by atoms with Crippen LogP contribution in [0.1, 0.15) is 37.1 Å². The van der Waals surface area contributed by atoms with Crippen molar-refractivity contribution in [3.63, 3.8) is 0 Å². The van der Waals surface area contributed by atoms with E-state index in [4.69, 9.17) is 37.7 Å². The molecule has 2 aromatic carbocycles. The molecule has 10 nitrogen and oxygen atoms in total. The van der Waals surface area contributed by atoms with Crippen LogP contribution in [0.2, 0.25) is 10.0 Å². The van der Waals surface area contributed by atoms with E-state index in [-0.39, 0.29) is 37.3 Å². The zero-order chi connectivity index (χ0) is 33.8. The number of piperidine rings is 1. The van der Waals surface area contributed by atoms with Crippen LogP contribution >= 0.6 is 23.2 Å². The summed E-state index contributed by atoms with van der Waals surface area (Å²) in [7, 11) is 3.01. The SMILES string of the molecule is COc1nc(-c2cccc(-c3cccc(-c4cnc(CN5CCCC(F)(F)C5)c(OC)n4)c3Cl)c2Cl)cnc1CNC[C@@H]1CCC(=O)N1. The van der Waals surface area contributed by atoms with E-state index >= 15 is 0 Å². The van der Waals surface area contributed by atoms with Gasteiger partial charge in [0, 0.05) is 60.8 Å². The Kier molecular flexibility index (Phi) is 10.4. The lowest BCUT2D eigenvalue weighted by molar-refractivity contribution is -0.119. The monoisotopic (exact) mass is 697 g/mol. The molecule has 2 fully saturated rings. The third-order valence-corrected chi connectivity index (χ3v) is 9.28. The maximum atomic E-state index is 14.0. The fourth-order valence-corrected chi connectivity index (χ4v) is 6.72. The summed E-state index contributed by atoms with van der Waals surface area (Å²) in [5.41, 5.74) is 4.68. The van der Waals surface area contributed by atoms with Gasteiger partial charge in [0.2, 0.25) is 17.7 Å². The quantitative estimate of drug-likeness (QED) is 0.189. The van der Waals surface area contributed by atoms with Crippen LogP contribution in [0.5, 0.6) is 11.8 Å². The molecule has 4 heterocycles. The van der Waals surface area contributed by atoms with Gasteiger partial charge in [-0.3, -0.25) is 19.7 Å². The van der Waals surface area contributed by atoms with E-state index in [1.165, 1.54) is 14.2 Å². The van der Waals surface area contributed by atoms with Gasteiger partial charge in [0.05, 0.1) is 54.6 Å². The van der Waals surface area contributed by atoms with Crippen molar-refractivity contribution >= 4 is 29.1 Å². The summed E-state index contributed by atoms with van der Waals surface area (Å²) >= 11 is 14.0. The molecule has 14 heteroatoms. The molecule has 0 saturated carbocycles. The molecule has 2 N–H and O–H groups in total. The minimum absolute atomic E-state index is 0.0698. The number of carbonyl (C=O) groups excluding carboxylic acids is 1. The van der Waals surface area contributed by atoms with Crippen molar-refractivity contribution in [2.75, 3.05) is 33.9 Å². The first kappa shape index (κ1) is 33.9. The van der Waals surface area contributed by atoms with E-state index in [9.17, 15) is 13.6 Å². The fraction of sp³-hybridized carbons (Fsp3) is 0.382. The number of nitrogens with one attached hydrogen (secondary N) is 2. The van der Waals surface area contributed by atoms with Crippen LogP contribution in [0.3, 0.4) is 0 Å². The third kappa shape index (κ3) is 7.52. The highest BCUT2D eigenvalue weighted by Crippen LogP contribution is 2.42. The van der Waals surface area contributed by atoms with Crippen LogP contribution in [0.25, 0.3) is 33.6 Å². The van der Waals surface area contributed by atoms with Gasteiger partial charge < -0.3 is 20.1 Å². The summed E-state index contributed by atoms with van der Waals surface area (Å²) < 4.78 is 39.0. The predicted octanol–water partition coefficient (Wildman–Crippen LogP) is 6.19. The number of rotatable bonds is 11. The average molecular weight is 699 g/mol. The molecule has 4 aromatic rings. The lowest BCUT2D eigenvalue weighted by Gasteiger charge is -2.32. The lowest BCUT2D eigenvalue weighted by Crippen LogP contribution is -2.42. The van der Waals surface area contributed by atoms with Crippen molar-refractivity contribution in [3.8, 4) is 45.4 Å². The Labute approximate surface area is 287 Å². The van der Waals surface area contributed by atoms with E-state index in [2.05, 4.69) is 25.6 Å². The highest BCUT2D eigenvalue weighted by atomic mass is 35.5. The van der Waals surface area contributed by atoms with Gasteiger partial charge >= 0.3 is 0 Å². The van der Waals surface area contributed by atoms with Crippen molar-refractivity contribution in [3.05, 3.63) is 70.2 Å². The zero-order valence-corrected chi connectivity index (χ0v) is 28.0. The van der Waals surface area contributed by atoms with Crippen molar-refractivity contribution in [1.82, 2.24) is 35.5 Å².